The summed E-state index contributed by atoms with van der Waals surface area (Å²) in [5.74, 6) is -0.878. The number of hydrogen-bond donors (Lipinski definition) is 0. The Balaban J connectivity index is 1.73. The Morgan fingerprint density at radius 2 is 1.29 bits per heavy atom. The highest BCUT2D eigenvalue weighted by Crippen LogP contribution is 2.35. The normalized spacial score (nSPS) is 13.8. The van der Waals surface area contributed by atoms with Crippen molar-refractivity contribution in [1.82, 2.24) is 4.90 Å². The number of carbonyl (C=O) groups is 2. The van der Waals surface area contributed by atoms with Crippen LogP contribution in [0.5, 0.6) is 0 Å². The molecule has 0 aliphatic carbocycles. The van der Waals surface area contributed by atoms with E-state index in [1.807, 2.05) is 91.5 Å². The van der Waals surface area contributed by atoms with Crippen LogP contribution in [0, 0.1) is 13.8 Å². The molecule has 3 aromatic rings. The molecule has 1 aliphatic rings. The molecule has 0 aromatic heterocycles. The first-order chi connectivity index (χ1) is 15.0. The first kappa shape index (κ1) is 20.9. The second-order valence-electron chi connectivity index (χ2n) is 7.65. The third-order valence-corrected chi connectivity index (χ3v) is 5.91. The SMILES string of the molecule is Cc1cccc(N2C(=O)C(Cl)=C(N(Cc3ccccc3)Cc3ccccc3)C2=O)c1C. The van der Waals surface area contributed by atoms with Crippen molar-refractivity contribution >= 4 is 29.1 Å². The molecule has 5 heteroatoms. The Morgan fingerprint density at radius 1 is 0.742 bits per heavy atom. The molecule has 31 heavy (non-hydrogen) atoms. The summed E-state index contributed by atoms with van der Waals surface area (Å²) in [5, 5.41) is -0.0437. The van der Waals surface area contributed by atoms with E-state index in [0.717, 1.165) is 22.3 Å². The zero-order chi connectivity index (χ0) is 22.0. The topological polar surface area (TPSA) is 40.6 Å². The molecule has 0 spiro atoms. The lowest BCUT2D eigenvalue weighted by Gasteiger charge is -2.26. The molecule has 3 aromatic carbocycles. The van der Waals surface area contributed by atoms with E-state index in [4.69, 9.17) is 11.6 Å². The van der Waals surface area contributed by atoms with Crippen molar-refractivity contribution in [1.29, 1.82) is 0 Å². The third kappa shape index (κ3) is 4.12. The van der Waals surface area contributed by atoms with Gasteiger partial charge >= 0.3 is 0 Å². The van der Waals surface area contributed by atoms with Crippen LogP contribution in [0.4, 0.5) is 5.69 Å². The Morgan fingerprint density at radius 3 is 1.84 bits per heavy atom. The van der Waals surface area contributed by atoms with Gasteiger partial charge in [-0.1, -0.05) is 84.4 Å². The summed E-state index contributed by atoms with van der Waals surface area (Å²) < 4.78 is 0. The van der Waals surface area contributed by atoms with Gasteiger partial charge in [-0.3, -0.25) is 9.59 Å². The number of imide groups is 1. The number of anilines is 1. The molecule has 4 rings (SSSR count). The van der Waals surface area contributed by atoms with Crippen molar-refractivity contribution in [2.45, 2.75) is 26.9 Å². The van der Waals surface area contributed by atoms with E-state index >= 15 is 0 Å². The van der Waals surface area contributed by atoms with E-state index in [9.17, 15) is 9.59 Å². The average molecular weight is 431 g/mol. The number of amides is 2. The lowest BCUT2D eigenvalue weighted by molar-refractivity contribution is -0.121. The highest BCUT2D eigenvalue weighted by molar-refractivity contribution is 6.52. The maximum atomic E-state index is 13.5. The van der Waals surface area contributed by atoms with E-state index in [1.165, 1.54) is 4.90 Å². The zero-order valence-electron chi connectivity index (χ0n) is 17.5. The highest BCUT2D eigenvalue weighted by Gasteiger charge is 2.42. The van der Waals surface area contributed by atoms with Crippen molar-refractivity contribution < 1.29 is 9.59 Å². The summed E-state index contributed by atoms with van der Waals surface area (Å²) in [6, 6.07) is 25.3. The largest absolute Gasteiger partial charge is 0.357 e. The molecule has 1 heterocycles. The second kappa shape index (κ2) is 8.78. The van der Waals surface area contributed by atoms with Gasteiger partial charge in [0.05, 0.1) is 5.69 Å². The third-order valence-electron chi connectivity index (χ3n) is 5.57. The van der Waals surface area contributed by atoms with Gasteiger partial charge in [-0.15, -0.1) is 0 Å². The fraction of sp³-hybridized carbons (Fsp3) is 0.154. The minimum Gasteiger partial charge on any atom is -0.357 e. The predicted molar refractivity (Wildman–Crippen MR) is 123 cm³/mol. The van der Waals surface area contributed by atoms with Crippen molar-refractivity contribution in [3.8, 4) is 0 Å². The first-order valence-electron chi connectivity index (χ1n) is 10.1. The number of halogens is 1. The number of aryl methyl sites for hydroxylation is 1. The van der Waals surface area contributed by atoms with E-state index in [2.05, 4.69) is 0 Å². The van der Waals surface area contributed by atoms with Crippen LogP contribution in [-0.2, 0) is 22.7 Å². The number of benzene rings is 3. The van der Waals surface area contributed by atoms with Crippen LogP contribution < -0.4 is 4.90 Å². The van der Waals surface area contributed by atoms with Gasteiger partial charge in [0.2, 0.25) is 0 Å². The summed E-state index contributed by atoms with van der Waals surface area (Å²) in [6.07, 6.45) is 0. The summed E-state index contributed by atoms with van der Waals surface area (Å²) in [7, 11) is 0. The molecule has 0 saturated heterocycles. The van der Waals surface area contributed by atoms with Gasteiger partial charge < -0.3 is 4.90 Å². The maximum Gasteiger partial charge on any atom is 0.283 e. The van der Waals surface area contributed by atoms with E-state index < -0.39 is 11.8 Å². The molecule has 0 radical (unpaired) electrons. The molecule has 0 N–H and O–H groups in total. The summed E-state index contributed by atoms with van der Waals surface area (Å²) in [6.45, 7) is 4.78. The maximum absolute atomic E-state index is 13.5. The first-order valence-corrected chi connectivity index (χ1v) is 10.5. The molecular formula is C26H23ClN2O2. The van der Waals surface area contributed by atoms with Crippen LogP contribution in [0.25, 0.3) is 0 Å². The van der Waals surface area contributed by atoms with Crippen molar-refractivity contribution in [2.24, 2.45) is 0 Å². The smallest absolute Gasteiger partial charge is 0.283 e. The van der Waals surface area contributed by atoms with Crippen molar-refractivity contribution in [2.75, 3.05) is 4.90 Å². The molecule has 1 aliphatic heterocycles. The lowest BCUT2D eigenvalue weighted by Crippen LogP contribution is -2.35. The van der Waals surface area contributed by atoms with E-state index in [-0.39, 0.29) is 10.7 Å². The predicted octanol–water partition coefficient (Wildman–Crippen LogP) is 5.33. The number of nitrogens with zero attached hydrogens (tertiary/aromatic N) is 2. The molecule has 2 amide bonds. The summed E-state index contributed by atoms with van der Waals surface area (Å²) in [5.41, 5.74) is 4.75. The minimum absolute atomic E-state index is 0.0437. The van der Waals surface area contributed by atoms with E-state index in [0.29, 0.717) is 18.8 Å². The Hall–Kier alpha value is -3.37. The monoisotopic (exact) mass is 430 g/mol. The Kier molecular flexibility index (Phi) is 5.92. The van der Waals surface area contributed by atoms with Gasteiger partial charge in [0.25, 0.3) is 11.8 Å². The van der Waals surface area contributed by atoms with Gasteiger partial charge in [-0.2, -0.15) is 0 Å². The highest BCUT2D eigenvalue weighted by atomic mass is 35.5. The van der Waals surface area contributed by atoms with Crippen molar-refractivity contribution in [3.63, 3.8) is 0 Å². The molecule has 4 nitrogen and oxygen atoms in total. The molecule has 0 fully saturated rings. The molecule has 0 saturated carbocycles. The number of carbonyl (C=O) groups excluding carboxylic acids is 2. The quantitative estimate of drug-likeness (QED) is 0.496. The van der Waals surface area contributed by atoms with Gasteiger partial charge in [0.15, 0.2) is 0 Å². The van der Waals surface area contributed by atoms with Gasteiger partial charge in [0, 0.05) is 13.1 Å². The van der Waals surface area contributed by atoms with Gasteiger partial charge in [-0.25, -0.2) is 4.90 Å². The summed E-state index contributed by atoms with van der Waals surface area (Å²) >= 11 is 6.51. The summed E-state index contributed by atoms with van der Waals surface area (Å²) in [4.78, 5) is 29.7. The van der Waals surface area contributed by atoms with Crippen LogP contribution in [0.3, 0.4) is 0 Å². The fourth-order valence-electron chi connectivity index (χ4n) is 3.78. The van der Waals surface area contributed by atoms with Gasteiger partial charge in [-0.05, 0) is 42.2 Å². The lowest BCUT2D eigenvalue weighted by atomic mass is 10.1. The minimum atomic E-state index is -0.485. The average Bonchev–Trinajstić information content (AvgIpc) is 2.99. The van der Waals surface area contributed by atoms with Crippen LogP contribution >= 0.6 is 11.6 Å². The van der Waals surface area contributed by atoms with E-state index in [1.54, 1.807) is 6.07 Å². The molecular weight excluding hydrogens is 408 g/mol. The standard InChI is InChI=1S/C26H23ClN2O2/c1-18-10-9-15-22(19(18)2)29-25(30)23(27)24(26(29)31)28(16-20-11-5-3-6-12-20)17-21-13-7-4-8-14-21/h3-15H,16-17H2,1-2H3. The number of hydrogen-bond acceptors (Lipinski definition) is 3. The van der Waals surface area contributed by atoms with Crippen LogP contribution in [0.1, 0.15) is 22.3 Å². The van der Waals surface area contributed by atoms with Crippen LogP contribution in [0.15, 0.2) is 89.6 Å². The Labute approximate surface area is 187 Å². The number of rotatable bonds is 6. The second-order valence-corrected chi connectivity index (χ2v) is 8.03. The Bertz CT molecular complexity index is 1120. The van der Waals surface area contributed by atoms with Crippen molar-refractivity contribution in [3.05, 3.63) is 112 Å². The molecule has 156 valence electrons. The molecule has 0 bridgehead atoms. The molecule has 0 unspecified atom stereocenters. The van der Waals surface area contributed by atoms with Crippen LogP contribution in [0.2, 0.25) is 0 Å². The zero-order valence-corrected chi connectivity index (χ0v) is 18.3. The fourth-order valence-corrected chi connectivity index (χ4v) is 4.07. The molecule has 0 atom stereocenters. The van der Waals surface area contributed by atoms with Gasteiger partial charge in [0.1, 0.15) is 10.7 Å². The van der Waals surface area contributed by atoms with Crippen LogP contribution in [-0.4, -0.2) is 16.7 Å².